The van der Waals surface area contributed by atoms with E-state index in [9.17, 15) is 0 Å². The van der Waals surface area contributed by atoms with Gasteiger partial charge in [0.1, 0.15) is 0 Å². The summed E-state index contributed by atoms with van der Waals surface area (Å²) in [6, 6.07) is 6.72. The second kappa shape index (κ2) is 6.06. The predicted octanol–water partition coefficient (Wildman–Crippen LogP) is 3.10. The third-order valence-corrected chi connectivity index (χ3v) is 4.70. The number of benzene rings is 1. The summed E-state index contributed by atoms with van der Waals surface area (Å²) >= 11 is 0. The third kappa shape index (κ3) is 3.58. The first kappa shape index (κ1) is 14.5. The molecule has 0 saturated heterocycles. The van der Waals surface area contributed by atoms with E-state index in [4.69, 9.17) is 0 Å². The topological polar surface area (TPSA) is 24.1 Å². The van der Waals surface area contributed by atoms with Crippen LogP contribution in [0.3, 0.4) is 0 Å². The van der Waals surface area contributed by atoms with E-state index < -0.39 is 0 Å². The SMILES string of the molecule is CC(C)C(C)(C)CNCc1cccc2c1CCNC2. The monoisotopic (exact) mass is 260 g/mol. The fraction of sp³-hybridized carbons (Fsp3) is 0.647. The Bertz CT molecular complexity index is 421. The Kier molecular flexibility index (Phi) is 4.64. The lowest BCUT2D eigenvalue weighted by Gasteiger charge is -2.30. The summed E-state index contributed by atoms with van der Waals surface area (Å²) in [5.74, 6) is 0.703. The molecule has 1 aromatic rings. The van der Waals surface area contributed by atoms with Gasteiger partial charge in [0.25, 0.3) is 0 Å². The summed E-state index contributed by atoms with van der Waals surface area (Å²) in [5, 5.41) is 7.10. The average Bonchev–Trinajstić information content (AvgIpc) is 2.38. The molecule has 0 saturated carbocycles. The van der Waals surface area contributed by atoms with Crippen molar-refractivity contribution in [3.05, 3.63) is 34.9 Å². The number of fused-ring (bicyclic) bond motifs is 1. The predicted molar refractivity (Wildman–Crippen MR) is 82.2 cm³/mol. The zero-order valence-electron chi connectivity index (χ0n) is 12.8. The van der Waals surface area contributed by atoms with E-state index >= 15 is 0 Å². The second-order valence-electron chi connectivity index (χ2n) is 6.73. The van der Waals surface area contributed by atoms with Gasteiger partial charge in [0, 0.05) is 19.6 Å². The lowest BCUT2D eigenvalue weighted by Crippen LogP contribution is -2.33. The van der Waals surface area contributed by atoms with Crippen LogP contribution in [0.1, 0.15) is 44.4 Å². The molecule has 0 atom stereocenters. The van der Waals surface area contributed by atoms with Gasteiger partial charge in [0.2, 0.25) is 0 Å². The van der Waals surface area contributed by atoms with Gasteiger partial charge in [-0.15, -0.1) is 0 Å². The highest BCUT2D eigenvalue weighted by molar-refractivity contribution is 5.36. The van der Waals surface area contributed by atoms with Gasteiger partial charge < -0.3 is 10.6 Å². The minimum absolute atomic E-state index is 0.358. The first-order valence-corrected chi connectivity index (χ1v) is 7.52. The van der Waals surface area contributed by atoms with E-state index in [-0.39, 0.29) is 0 Å². The summed E-state index contributed by atoms with van der Waals surface area (Å²) in [6.07, 6.45) is 1.17. The van der Waals surface area contributed by atoms with Crippen molar-refractivity contribution in [2.45, 2.75) is 47.2 Å². The van der Waals surface area contributed by atoms with Crippen molar-refractivity contribution in [1.82, 2.24) is 10.6 Å². The van der Waals surface area contributed by atoms with E-state index in [1.807, 2.05) is 0 Å². The van der Waals surface area contributed by atoms with Gasteiger partial charge in [-0.05, 0) is 41.0 Å². The molecule has 0 radical (unpaired) electrons. The van der Waals surface area contributed by atoms with Crippen molar-refractivity contribution in [3.8, 4) is 0 Å². The van der Waals surface area contributed by atoms with Crippen LogP contribution in [0, 0.1) is 11.3 Å². The quantitative estimate of drug-likeness (QED) is 0.850. The highest BCUT2D eigenvalue weighted by Crippen LogP contribution is 2.25. The Morgan fingerprint density at radius 3 is 2.84 bits per heavy atom. The second-order valence-corrected chi connectivity index (χ2v) is 6.73. The van der Waals surface area contributed by atoms with Gasteiger partial charge >= 0.3 is 0 Å². The Labute approximate surface area is 118 Å². The highest BCUT2D eigenvalue weighted by atomic mass is 14.9. The molecule has 0 aromatic heterocycles. The van der Waals surface area contributed by atoms with Crippen molar-refractivity contribution >= 4 is 0 Å². The molecule has 19 heavy (non-hydrogen) atoms. The summed E-state index contributed by atoms with van der Waals surface area (Å²) in [6.45, 7) is 13.5. The van der Waals surface area contributed by atoms with Crippen molar-refractivity contribution in [1.29, 1.82) is 0 Å². The van der Waals surface area contributed by atoms with Crippen LogP contribution in [0.25, 0.3) is 0 Å². The number of rotatable bonds is 5. The zero-order valence-corrected chi connectivity index (χ0v) is 12.8. The summed E-state index contributed by atoms with van der Waals surface area (Å²) in [7, 11) is 0. The molecule has 1 aromatic carbocycles. The van der Waals surface area contributed by atoms with Crippen LogP contribution < -0.4 is 10.6 Å². The van der Waals surface area contributed by atoms with Crippen molar-refractivity contribution in [3.63, 3.8) is 0 Å². The number of hydrogen-bond acceptors (Lipinski definition) is 2. The maximum absolute atomic E-state index is 3.65. The molecule has 2 heteroatoms. The van der Waals surface area contributed by atoms with Crippen LogP contribution in [0.4, 0.5) is 0 Å². The van der Waals surface area contributed by atoms with E-state index in [1.54, 1.807) is 5.56 Å². The molecular weight excluding hydrogens is 232 g/mol. The number of hydrogen-bond donors (Lipinski definition) is 2. The van der Waals surface area contributed by atoms with Crippen LogP contribution in [-0.2, 0) is 19.5 Å². The Morgan fingerprint density at radius 1 is 1.32 bits per heavy atom. The molecule has 2 nitrogen and oxygen atoms in total. The van der Waals surface area contributed by atoms with Gasteiger partial charge in [-0.25, -0.2) is 0 Å². The van der Waals surface area contributed by atoms with E-state index in [2.05, 4.69) is 56.5 Å². The van der Waals surface area contributed by atoms with Gasteiger partial charge in [-0.2, -0.15) is 0 Å². The van der Waals surface area contributed by atoms with Crippen molar-refractivity contribution in [2.75, 3.05) is 13.1 Å². The normalized spacial score (nSPS) is 15.6. The Balaban J connectivity index is 1.97. The molecule has 2 rings (SSSR count). The lowest BCUT2D eigenvalue weighted by molar-refractivity contribution is 0.238. The molecule has 0 aliphatic carbocycles. The maximum Gasteiger partial charge on any atom is 0.0208 e. The van der Waals surface area contributed by atoms with Crippen LogP contribution in [0.5, 0.6) is 0 Å². The fourth-order valence-electron chi connectivity index (χ4n) is 2.50. The molecule has 0 bridgehead atoms. The molecule has 1 aliphatic rings. The van der Waals surface area contributed by atoms with E-state index in [1.165, 1.54) is 17.5 Å². The van der Waals surface area contributed by atoms with Gasteiger partial charge in [0.15, 0.2) is 0 Å². The molecular formula is C17H28N2. The van der Waals surface area contributed by atoms with Gasteiger partial charge in [-0.3, -0.25) is 0 Å². The fourth-order valence-corrected chi connectivity index (χ4v) is 2.50. The Morgan fingerprint density at radius 2 is 2.11 bits per heavy atom. The van der Waals surface area contributed by atoms with Crippen LogP contribution in [0.2, 0.25) is 0 Å². The minimum atomic E-state index is 0.358. The molecule has 0 fully saturated rings. The smallest absolute Gasteiger partial charge is 0.0208 e. The highest BCUT2D eigenvalue weighted by Gasteiger charge is 2.21. The summed E-state index contributed by atoms with van der Waals surface area (Å²) < 4.78 is 0. The first-order chi connectivity index (χ1) is 9.00. The van der Waals surface area contributed by atoms with Gasteiger partial charge in [-0.1, -0.05) is 45.9 Å². The first-order valence-electron chi connectivity index (χ1n) is 7.52. The largest absolute Gasteiger partial charge is 0.312 e. The number of nitrogens with one attached hydrogen (secondary N) is 2. The van der Waals surface area contributed by atoms with Crippen molar-refractivity contribution in [2.24, 2.45) is 11.3 Å². The van der Waals surface area contributed by atoms with Crippen LogP contribution in [-0.4, -0.2) is 13.1 Å². The van der Waals surface area contributed by atoms with E-state index in [0.717, 1.165) is 26.2 Å². The minimum Gasteiger partial charge on any atom is -0.312 e. The summed E-state index contributed by atoms with van der Waals surface area (Å²) in [5.41, 5.74) is 4.89. The van der Waals surface area contributed by atoms with Crippen molar-refractivity contribution < 1.29 is 0 Å². The zero-order chi connectivity index (χ0) is 13.9. The van der Waals surface area contributed by atoms with Crippen LogP contribution in [0.15, 0.2) is 18.2 Å². The molecule has 0 unspecified atom stereocenters. The Hall–Kier alpha value is -0.860. The standard InChI is InChI=1S/C17H28N2/c1-13(2)17(3,4)12-19-11-15-7-5-6-14-10-18-9-8-16(14)15/h5-7,13,18-19H,8-12H2,1-4H3. The maximum atomic E-state index is 3.65. The summed E-state index contributed by atoms with van der Waals surface area (Å²) in [4.78, 5) is 0. The third-order valence-electron chi connectivity index (χ3n) is 4.70. The average molecular weight is 260 g/mol. The molecule has 0 amide bonds. The molecule has 0 spiro atoms. The van der Waals surface area contributed by atoms with Gasteiger partial charge in [0.05, 0.1) is 0 Å². The molecule has 1 heterocycles. The molecule has 1 aliphatic heterocycles. The van der Waals surface area contributed by atoms with E-state index in [0.29, 0.717) is 11.3 Å². The van der Waals surface area contributed by atoms with Crippen LogP contribution >= 0.6 is 0 Å². The molecule has 106 valence electrons. The molecule has 2 N–H and O–H groups in total. The lowest BCUT2D eigenvalue weighted by atomic mass is 9.81.